The van der Waals surface area contributed by atoms with Crippen molar-refractivity contribution in [1.82, 2.24) is 13.5 Å². The molecule has 98 valence electrons. The summed E-state index contributed by atoms with van der Waals surface area (Å²) in [5.74, 6) is 0. The molecular weight excluding hydrogens is 272 g/mol. The normalized spacial score (nSPS) is 13.9. The van der Waals surface area contributed by atoms with Crippen LogP contribution in [0.1, 0.15) is 13.3 Å². The number of aromatic nitrogens is 2. The minimum atomic E-state index is -3.55. The molecule has 1 heterocycles. The molecule has 0 bridgehead atoms. The van der Waals surface area contributed by atoms with Gasteiger partial charge in [-0.25, -0.2) is 13.1 Å². The first kappa shape index (κ1) is 13.3. The van der Waals surface area contributed by atoms with Crippen LogP contribution in [-0.4, -0.2) is 29.8 Å². The fourth-order valence-corrected chi connectivity index (χ4v) is 3.31. The zero-order valence-electron chi connectivity index (χ0n) is 9.83. The third-order valence-corrected chi connectivity index (χ3v) is 4.47. The Labute approximate surface area is 110 Å². The summed E-state index contributed by atoms with van der Waals surface area (Å²) in [5, 5.41) is 0. The third kappa shape index (κ3) is 2.83. The van der Waals surface area contributed by atoms with E-state index in [1.165, 1.54) is 6.07 Å². The highest BCUT2D eigenvalue weighted by Gasteiger charge is 2.18. The summed E-state index contributed by atoms with van der Waals surface area (Å²) in [6.07, 6.45) is 0.588. The van der Waals surface area contributed by atoms with Gasteiger partial charge >= 0.3 is 0 Å². The first-order chi connectivity index (χ1) is 8.50. The zero-order valence-corrected chi connectivity index (χ0v) is 11.5. The number of nitrogens with one attached hydrogen (secondary N) is 1. The molecule has 0 aliphatic rings. The molecule has 3 N–H and O–H groups in total. The zero-order chi connectivity index (χ0) is 13.2. The second-order valence-corrected chi connectivity index (χ2v) is 6.32. The summed E-state index contributed by atoms with van der Waals surface area (Å²) in [4.78, 5) is 0.165. The van der Waals surface area contributed by atoms with Crippen LogP contribution in [-0.2, 0) is 10.0 Å². The standard InChI is InChI=1S/C10H14N4O2S2/c1-7(11)5-6-12-18(15,16)9-4-2-3-8-10(9)14-17-13-8/h2-4,7,12H,5-6,11H2,1H3. The van der Waals surface area contributed by atoms with E-state index in [0.29, 0.717) is 24.0 Å². The van der Waals surface area contributed by atoms with Gasteiger partial charge in [0.25, 0.3) is 0 Å². The van der Waals surface area contributed by atoms with Crippen LogP contribution in [0, 0.1) is 0 Å². The van der Waals surface area contributed by atoms with Gasteiger partial charge in [0.2, 0.25) is 10.0 Å². The summed E-state index contributed by atoms with van der Waals surface area (Å²) in [7, 11) is -3.55. The van der Waals surface area contributed by atoms with Crippen molar-refractivity contribution in [2.45, 2.75) is 24.3 Å². The van der Waals surface area contributed by atoms with Crippen molar-refractivity contribution in [3.8, 4) is 0 Å². The van der Waals surface area contributed by atoms with Crippen LogP contribution in [0.4, 0.5) is 0 Å². The third-order valence-electron chi connectivity index (χ3n) is 2.43. The smallest absolute Gasteiger partial charge is 0.242 e. The molecule has 8 heteroatoms. The minimum absolute atomic E-state index is 0.0376. The molecule has 18 heavy (non-hydrogen) atoms. The van der Waals surface area contributed by atoms with Crippen molar-refractivity contribution in [1.29, 1.82) is 0 Å². The lowest BCUT2D eigenvalue weighted by molar-refractivity contribution is 0.572. The van der Waals surface area contributed by atoms with Crippen molar-refractivity contribution in [3.63, 3.8) is 0 Å². The van der Waals surface area contributed by atoms with E-state index in [-0.39, 0.29) is 10.9 Å². The fourth-order valence-electron chi connectivity index (χ4n) is 1.50. The Hall–Kier alpha value is -1.09. The Morgan fingerprint density at radius 3 is 2.94 bits per heavy atom. The number of hydrogen-bond acceptors (Lipinski definition) is 6. The van der Waals surface area contributed by atoms with Gasteiger partial charge in [-0.2, -0.15) is 8.75 Å². The van der Waals surface area contributed by atoms with E-state index < -0.39 is 10.0 Å². The van der Waals surface area contributed by atoms with E-state index in [2.05, 4.69) is 13.5 Å². The monoisotopic (exact) mass is 286 g/mol. The van der Waals surface area contributed by atoms with Gasteiger partial charge in [0.15, 0.2) is 0 Å². The quantitative estimate of drug-likeness (QED) is 0.843. The average Bonchev–Trinajstić information content (AvgIpc) is 2.75. The molecule has 1 unspecified atom stereocenters. The van der Waals surface area contributed by atoms with Crippen molar-refractivity contribution >= 4 is 32.8 Å². The Balaban J connectivity index is 2.27. The molecule has 1 atom stereocenters. The summed E-state index contributed by atoms with van der Waals surface area (Å²) in [6, 6.07) is 4.88. The Bertz CT molecular complexity index is 636. The number of hydrogen-bond donors (Lipinski definition) is 2. The SMILES string of the molecule is CC(N)CCNS(=O)(=O)c1cccc2nsnc12. The lowest BCUT2D eigenvalue weighted by atomic mass is 10.3. The van der Waals surface area contributed by atoms with E-state index in [1.54, 1.807) is 12.1 Å². The first-order valence-corrected chi connectivity index (χ1v) is 7.68. The molecule has 0 spiro atoms. The van der Waals surface area contributed by atoms with Gasteiger partial charge in [-0.3, -0.25) is 0 Å². The lowest BCUT2D eigenvalue weighted by Gasteiger charge is -2.08. The molecule has 0 aliphatic heterocycles. The number of nitrogens with zero attached hydrogens (tertiary/aromatic N) is 2. The maximum absolute atomic E-state index is 12.1. The summed E-state index contributed by atoms with van der Waals surface area (Å²) >= 11 is 1.000. The van der Waals surface area contributed by atoms with Crippen molar-refractivity contribution in [3.05, 3.63) is 18.2 Å². The largest absolute Gasteiger partial charge is 0.328 e. The second-order valence-electron chi connectivity index (χ2n) is 4.05. The molecule has 2 rings (SSSR count). The maximum Gasteiger partial charge on any atom is 0.242 e. The Morgan fingerprint density at radius 1 is 1.44 bits per heavy atom. The molecule has 1 aromatic heterocycles. The van der Waals surface area contributed by atoms with Crippen LogP contribution in [0.5, 0.6) is 0 Å². The number of fused-ring (bicyclic) bond motifs is 1. The van der Waals surface area contributed by atoms with E-state index in [9.17, 15) is 8.42 Å². The molecular formula is C10H14N4O2S2. The van der Waals surface area contributed by atoms with Crippen molar-refractivity contribution in [2.75, 3.05) is 6.54 Å². The second kappa shape index (κ2) is 5.27. The van der Waals surface area contributed by atoms with Gasteiger partial charge in [0, 0.05) is 12.6 Å². The summed E-state index contributed by atoms with van der Waals surface area (Å²) in [6.45, 7) is 2.15. The number of nitrogens with two attached hydrogens (primary N) is 1. The van der Waals surface area contributed by atoms with Gasteiger partial charge in [-0.15, -0.1) is 0 Å². The molecule has 0 aliphatic carbocycles. The fraction of sp³-hybridized carbons (Fsp3) is 0.400. The molecule has 0 amide bonds. The van der Waals surface area contributed by atoms with Gasteiger partial charge in [-0.1, -0.05) is 6.07 Å². The lowest BCUT2D eigenvalue weighted by Crippen LogP contribution is -2.29. The molecule has 2 aromatic rings. The Morgan fingerprint density at radius 2 is 2.22 bits per heavy atom. The van der Waals surface area contributed by atoms with Crippen LogP contribution in [0.3, 0.4) is 0 Å². The maximum atomic E-state index is 12.1. The molecule has 0 saturated heterocycles. The highest BCUT2D eigenvalue weighted by molar-refractivity contribution is 7.89. The van der Waals surface area contributed by atoms with Crippen molar-refractivity contribution < 1.29 is 8.42 Å². The van der Waals surface area contributed by atoms with Gasteiger partial charge in [-0.05, 0) is 25.5 Å². The van der Waals surface area contributed by atoms with E-state index in [1.807, 2.05) is 6.92 Å². The first-order valence-electron chi connectivity index (χ1n) is 5.47. The molecule has 6 nitrogen and oxygen atoms in total. The van der Waals surface area contributed by atoms with Gasteiger partial charge in [0.1, 0.15) is 15.9 Å². The summed E-state index contributed by atoms with van der Waals surface area (Å²) in [5.41, 5.74) is 6.58. The van der Waals surface area contributed by atoms with Gasteiger partial charge < -0.3 is 5.73 Å². The number of rotatable bonds is 5. The van der Waals surface area contributed by atoms with Crippen LogP contribution >= 0.6 is 11.7 Å². The van der Waals surface area contributed by atoms with Crippen LogP contribution in [0.15, 0.2) is 23.1 Å². The molecule has 0 radical (unpaired) electrons. The van der Waals surface area contributed by atoms with Crippen LogP contribution in [0.25, 0.3) is 11.0 Å². The minimum Gasteiger partial charge on any atom is -0.328 e. The van der Waals surface area contributed by atoms with E-state index in [0.717, 1.165) is 11.7 Å². The van der Waals surface area contributed by atoms with Crippen LogP contribution < -0.4 is 10.5 Å². The number of sulfonamides is 1. The number of benzene rings is 1. The van der Waals surface area contributed by atoms with E-state index in [4.69, 9.17) is 5.73 Å². The topological polar surface area (TPSA) is 98.0 Å². The van der Waals surface area contributed by atoms with Crippen molar-refractivity contribution in [2.24, 2.45) is 5.73 Å². The average molecular weight is 286 g/mol. The molecule has 1 aromatic carbocycles. The predicted octanol–water partition coefficient (Wildman–Crippen LogP) is 0.707. The molecule has 0 saturated carbocycles. The highest BCUT2D eigenvalue weighted by atomic mass is 32.2. The Kier molecular flexibility index (Phi) is 3.91. The van der Waals surface area contributed by atoms with Crippen LogP contribution in [0.2, 0.25) is 0 Å². The predicted molar refractivity (Wildman–Crippen MR) is 70.9 cm³/mol. The molecule has 0 fully saturated rings. The van der Waals surface area contributed by atoms with Gasteiger partial charge in [0.05, 0.1) is 11.7 Å². The highest BCUT2D eigenvalue weighted by Crippen LogP contribution is 2.20. The summed E-state index contributed by atoms with van der Waals surface area (Å²) < 4.78 is 34.8. The van der Waals surface area contributed by atoms with E-state index >= 15 is 0 Å².